The third kappa shape index (κ3) is 7.16. The van der Waals surface area contributed by atoms with Gasteiger partial charge in [0.2, 0.25) is 15.2 Å². The maximum atomic E-state index is 11.9. The standard InChI is InChI=1S/C24H29N5O6S2/c1-37(34,35)28-19-7-4-16(13-20(19)30)21(31)14-25-17-8-10-29(11-9-17)18-5-2-15(3-6-18)12-22-23(32)26-24(27-33)36-22/h2-7,12-13,17,21,25,28,30-31,33H,8-11,14H2,1H3,(H,26,27,32)/b22-12+. The number of amides is 1. The maximum absolute atomic E-state index is 11.9. The highest BCUT2D eigenvalue weighted by Gasteiger charge is 2.24. The van der Waals surface area contributed by atoms with Gasteiger partial charge in [0.1, 0.15) is 5.75 Å². The van der Waals surface area contributed by atoms with E-state index in [2.05, 4.69) is 25.4 Å². The van der Waals surface area contributed by atoms with Crippen LogP contribution in [-0.2, 0) is 14.8 Å². The number of carbonyl (C=O) groups is 1. The van der Waals surface area contributed by atoms with Crippen LogP contribution >= 0.6 is 11.8 Å². The van der Waals surface area contributed by atoms with Crippen LogP contribution in [0.5, 0.6) is 5.75 Å². The number of hydrogen-bond donors (Lipinski definition) is 6. The fourth-order valence-corrected chi connectivity index (χ4v) is 5.49. The molecule has 2 saturated heterocycles. The lowest BCUT2D eigenvalue weighted by Gasteiger charge is -2.34. The number of oxime groups is 1. The molecule has 0 aromatic heterocycles. The summed E-state index contributed by atoms with van der Waals surface area (Å²) in [6.07, 6.45) is 3.68. The SMILES string of the molecule is CS(=O)(=O)Nc1ccc(C(O)CNC2CCN(c3ccc(/C=C4/S/C(=N/O)NC4=O)cc3)CC2)cc1O. The Labute approximate surface area is 219 Å². The van der Waals surface area contributed by atoms with E-state index in [-0.39, 0.29) is 28.6 Å². The van der Waals surface area contributed by atoms with Gasteiger partial charge in [0.15, 0.2) is 0 Å². The topological polar surface area (TPSA) is 164 Å². The van der Waals surface area contributed by atoms with Gasteiger partial charge >= 0.3 is 0 Å². The molecule has 1 unspecified atom stereocenters. The normalized spacial score (nSPS) is 19.8. The fraction of sp³-hybridized carbons (Fsp3) is 0.333. The Balaban J connectivity index is 1.25. The largest absolute Gasteiger partial charge is 0.506 e. The zero-order valence-electron chi connectivity index (χ0n) is 20.1. The van der Waals surface area contributed by atoms with Gasteiger partial charge in [0.25, 0.3) is 5.91 Å². The molecule has 0 spiro atoms. The second-order valence-corrected chi connectivity index (χ2v) is 11.7. The number of hydrogen-bond acceptors (Lipinski definition) is 10. The number of sulfonamides is 1. The molecular formula is C24H29N5O6S2. The van der Waals surface area contributed by atoms with Crippen LogP contribution in [0.1, 0.15) is 30.1 Å². The van der Waals surface area contributed by atoms with Crippen molar-refractivity contribution in [3.8, 4) is 5.75 Å². The molecule has 2 heterocycles. The van der Waals surface area contributed by atoms with Crippen molar-refractivity contribution in [2.24, 2.45) is 5.16 Å². The van der Waals surface area contributed by atoms with Gasteiger partial charge in [0.05, 0.1) is 23.0 Å². The predicted molar refractivity (Wildman–Crippen MR) is 144 cm³/mol. The van der Waals surface area contributed by atoms with E-state index in [0.717, 1.165) is 55.2 Å². The molecule has 13 heteroatoms. The van der Waals surface area contributed by atoms with Gasteiger partial charge in [-0.05, 0) is 66.1 Å². The van der Waals surface area contributed by atoms with Crippen LogP contribution in [0.4, 0.5) is 11.4 Å². The van der Waals surface area contributed by atoms with Crippen molar-refractivity contribution in [3.05, 3.63) is 58.5 Å². The lowest BCUT2D eigenvalue weighted by molar-refractivity contribution is -0.115. The van der Waals surface area contributed by atoms with E-state index >= 15 is 0 Å². The summed E-state index contributed by atoms with van der Waals surface area (Å²) in [5, 5.41) is 38.4. The van der Waals surface area contributed by atoms with Gasteiger partial charge in [-0.15, -0.1) is 0 Å². The molecule has 2 aromatic rings. The quantitative estimate of drug-likeness (QED) is 0.126. The van der Waals surface area contributed by atoms with Crippen molar-refractivity contribution in [2.45, 2.75) is 25.0 Å². The Kier molecular flexibility index (Phi) is 8.27. The molecule has 0 radical (unpaired) electrons. The van der Waals surface area contributed by atoms with E-state index < -0.39 is 16.1 Å². The molecule has 1 amide bonds. The van der Waals surface area contributed by atoms with Crippen LogP contribution in [0, 0.1) is 0 Å². The van der Waals surface area contributed by atoms with Crippen LogP contribution < -0.4 is 20.3 Å². The molecular weight excluding hydrogens is 518 g/mol. The molecule has 2 aliphatic rings. The maximum Gasteiger partial charge on any atom is 0.264 e. The molecule has 198 valence electrons. The summed E-state index contributed by atoms with van der Waals surface area (Å²) in [5.41, 5.74) is 2.51. The lowest BCUT2D eigenvalue weighted by Crippen LogP contribution is -2.43. The zero-order valence-corrected chi connectivity index (χ0v) is 21.7. The fourth-order valence-electron chi connectivity index (χ4n) is 4.19. The van der Waals surface area contributed by atoms with Crippen LogP contribution in [0.25, 0.3) is 6.08 Å². The first-order valence-electron chi connectivity index (χ1n) is 11.6. The lowest BCUT2D eigenvalue weighted by atomic mass is 10.0. The zero-order chi connectivity index (χ0) is 26.6. The molecule has 1 atom stereocenters. The number of carbonyl (C=O) groups excluding carboxylic acids is 1. The predicted octanol–water partition coefficient (Wildman–Crippen LogP) is 2.00. The Morgan fingerprint density at radius 3 is 2.51 bits per heavy atom. The van der Waals surface area contributed by atoms with Crippen molar-refractivity contribution >= 4 is 50.3 Å². The van der Waals surface area contributed by atoms with Crippen molar-refractivity contribution in [2.75, 3.05) is 35.5 Å². The van der Waals surface area contributed by atoms with Crippen molar-refractivity contribution < 1.29 is 28.6 Å². The van der Waals surface area contributed by atoms with Gasteiger partial charge in [-0.3, -0.25) is 14.8 Å². The highest BCUT2D eigenvalue weighted by molar-refractivity contribution is 8.18. The van der Waals surface area contributed by atoms with E-state index in [0.29, 0.717) is 17.0 Å². The average Bonchev–Trinajstić information content (AvgIpc) is 3.23. The second-order valence-electron chi connectivity index (χ2n) is 8.90. The molecule has 0 bridgehead atoms. The number of aliphatic hydroxyl groups excluding tert-OH is 1. The number of aromatic hydroxyl groups is 1. The van der Waals surface area contributed by atoms with E-state index in [1.807, 2.05) is 24.3 Å². The summed E-state index contributed by atoms with van der Waals surface area (Å²) in [6, 6.07) is 12.5. The highest BCUT2D eigenvalue weighted by atomic mass is 32.2. The number of anilines is 2. The average molecular weight is 548 g/mol. The first kappa shape index (κ1) is 26.8. The van der Waals surface area contributed by atoms with Crippen LogP contribution in [0.15, 0.2) is 52.5 Å². The first-order valence-corrected chi connectivity index (χ1v) is 14.3. The number of phenolic OH excluding ortho intramolecular Hbond substituents is 1. The third-order valence-corrected chi connectivity index (χ3v) is 7.59. The molecule has 4 rings (SSSR count). The highest BCUT2D eigenvalue weighted by Crippen LogP contribution is 2.29. The summed E-state index contributed by atoms with van der Waals surface area (Å²) in [7, 11) is -3.51. The number of benzene rings is 2. The molecule has 6 N–H and O–H groups in total. The Hall–Kier alpha value is -3.26. The first-order chi connectivity index (χ1) is 17.6. The second kappa shape index (κ2) is 11.4. The molecule has 2 aromatic carbocycles. The van der Waals surface area contributed by atoms with Crippen molar-refractivity contribution in [1.29, 1.82) is 0 Å². The Bertz CT molecular complexity index is 1310. The number of amidine groups is 1. The summed E-state index contributed by atoms with van der Waals surface area (Å²) in [5.74, 6) is -0.536. The summed E-state index contributed by atoms with van der Waals surface area (Å²) in [6.45, 7) is 1.99. The minimum Gasteiger partial charge on any atom is -0.506 e. The number of rotatable bonds is 8. The molecule has 0 aliphatic carbocycles. The Morgan fingerprint density at radius 1 is 1.22 bits per heavy atom. The van der Waals surface area contributed by atoms with Gasteiger partial charge in [-0.2, -0.15) is 0 Å². The molecule has 0 saturated carbocycles. The molecule has 2 fully saturated rings. The number of aliphatic hydroxyl groups is 1. The molecule has 37 heavy (non-hydrogen) atoms. The monoisotopic (exact) mass is 547 g/mol. The number of piperidine rings is 1. The summed E-state index contributed by atoms with van der Waals surface area (Å²) >= 11 is 1.08. The van der Waals surface area contributed by atoms with Gasteiger partial charge in [-0.1, -0.05) is 23.4 Å². The van der Waals surface area contributed by atoms with Gasteiger partial charge in [-0.25, -0.2) is 8.42 Å². The number of nitrogens with zero attached hydrogens (tertiary/aromatic N) is 2. The third-order valence-electron chi connectivity index (χ3n) is 6.09. The van der Waals surface area contributed by atoms with Crippen molar-refractivity contribution in [1.82, 2.24) is 10.6 Å². The van der Waals surface area contributed by atoms with E-state index in [4.69, 9.17) is 5.21 Å². The Morgan fingerprint density at radius 2 is 1.92 bits per heavy atom. The van der Waals surface area contributed by atoms with E-state index in [1.54, 1.807) is 12.1 Å². The smallest absolute Gasteiger partial charge is 0.264 e. The molecule has 2 aliphatic heterocycles. The van der Waals surface area contributed by atoms with Gasteiger partial charge < -0.3 is 25.6 Å². The number of nitrogens with one attached hydrogen (secondary N) is 3. The van der Waals surface area contributed by atoms with E-state index in [9.17, 15) is 23.4 Å². The van der Waals surface area contributed by atoms with Crippen LogP contribution in [-0.4, -0.2) is 66.8 Å². The van der Waals surface area contributed by atoms with E-state index in [1.165, 1.54) is 12.1 Å². The van der Waals surface area contributed by atoms with Crippen LogP contribution in [0.3, 0.4) is 0 Å². The number of phenols is 1. The summed E-state index contributed by atoms with van der Waals surface area (Å²) in [4.78, 5) is 14.6. The van der Waals surface area contributed by atoms with Crippen LogP contribution in [0.2, 0.25) is 0 Å². The minimum absolute atomic E-state index is 0.0664. The molecule has 11 nitrogen and oxygen atoms in total. The number of thioether (sulfide) groups is 1. The van der Waals surface area contributed by atoms with Crippen molar-refractivity contribution in [3.63, 3.8) is 0 Å². The summed E-state index contributed by atoms with van der Waals surface area (Å²) < 4.78 is 24.9. The van der Waals surface area contributed by atoms with Gasteiger partial charge in [0, 0.05) is 31.4 Å². The minimum atomic E-state index is -3.51.